The summed E-state index contributed by atoms with van der Waals surface area (Å²) in [6, 6.07) is 10.1. The van der Waals surface area contributed by atoms with E-state index in [2.05, 4.69) is 16.0 Å². The molecule has 0 N–H and O–H groups in total. The number of rotatable bonds is 5. The SMILES string of the molecule is CC(=O)N(c1ccc(C)c(C)c1)c1nc(CSc2nc(C)cc(C)c2C#N)cs1. The average molecular weight is 423 g/mol. The molecule has 3 rings (SSSR count). The second-order valence-corrected chi connectivity index (χ2v) is 8.71. The number of carbonyl (C=O) groups is 1. The van der Waals surface area contributed by atoms with Gasteiger partial charge in [0, 0.05) is 23.8 Å². The maximum Gasteiger partial charge on any atom is 0.230 e. The largest absolute Gasteiger partial charge is 0.274 e. The van der Waals surface area contributed by atoms with Gasteiger partial charge in [0.25, 0.3) is 0 Å². The molecule has 0 fully saturated rings. The van der Waals surface area contributed by atoms with Gasteiger partial charge in [0.1, 0.15) is 11.1 Å². The molecule has 29 heavy (non-hydrogen) atoms. The highest BCUT2D eigenvalue weighted by Gasteiger charge is 2.19. The van der Waals surface area contributed by atoms with E-state index in [0.29, 0.717) is 16.4 Å². The van der Waals surface area contributed by atoms with E-state index in [-0.39, 0.29) is 5.91 Å². The van der Waals surface area contributed by atoms with Gasteiger partial charge in [0.05, 0.1) is 16.9 Å². The van der Waals surface area contributed by atoms with Crippen LogP contribution in [-0.4, -0.2) is 15.9 Å². The first kappa shape index (κ1) is 21.0. The van der Waals surface area contributed by atoms with Crippen LogP contribution in [0.15, 0.2) is 34.7 Å². The van der Waals surface area contributed by atoms with Crippen molar-refractivity contribution in [1.82, 2.24) is 9.97 Å². The molecule has 0 unspecified atom stereocenters. The lowest BCUT2D eigenvalue weighted by Gasteiger charge is -2.19. The molecule has 3 aromatic rings. The Bertz CT molecular complexity index is 1110. The summed E-state index contributed by atoms with van der Waals surface area (Å²) in [7, 11) is 0. The Kier molecular flexibility index (Phi) is 6.36. The van der Waals surface area contributed by atoms with Crippen molar-refractivity contribution in [2.75, 3.05) is 4.90 Å². The highest BCUT2D eigenvalue weighted by Crippen LogP contribution is 2.33. The topological polar surface area (TPSA) is 69.9 Å². The number of thiazole rings is 1. The normalized spacial score (nSPS) is 10.6. The molecule has 0 saturated carbocycles. The van der Waals surface area contributed by atoms with Crippen LogP contribution in [-0.2, 0) is 10.5 Å². The first-order valence-electron chi connectivity index (χ1n) is 9.13. The summed E-state index contributed by atoms with van der Waals surface area (Å²) in [6.07, 6.45) is 0. The van der Waals surface area contributed by atoms with Gasteiger partial charge < -0.3 is 0 Å². The first-order chi connectivity index (χ1) is 13.8. The minimum absolute atomic E-state index is 0.0791. The molecule has 7 heteroatoms. The van der Waals surface area contributed by atoms with Gasteiger partial charge in [0.15, 0.2) is 5.13 Å². The average Bonchev–Trinajstić information content (AvgIpc) is 3.11. The van der Waals surface area contributed by atoms with E-state index in [1.807, 2.05) is 57.3 Å². The van der Waals surface area contributed by atoms with Crippen LogP contribution in [0.2, 0.25) is 0 Å². The second kappa shape index (κ2) is 8.76. The Hall–Kier alpha value is -2.69. The van der Waals surface area contributed by atoms with Gasteiger partial charge >= 0.3 is 0 Å². The summed E-state index contributed by atoms with van der Waals surface area (Å²) in [4.78, 5) is 23.1. The molecule has 0 radical (unpaired) electrons. The number of benzene rings is 1. The molecule has 0 saturated heterocycles. The van der Waals surface area contributed by atoms with Crippen molar-refractivity contribution in [2.24, 2.45) is 0 Å². The van der Waals surface area contributed by atoms with E-state index >= 15 is 0 Å². The fraction of sp³-hybridized carbons (Fsp3) is 0.273. The van der Waals surface area contributed by atoms with Gasteiger partial charge in [0.2, 0.25) is 5.91 Å². The monoisotopic (exact) mass is 422 g/mol. The lowest BCUT2D eigenvalue weighted by atomic mass is 10.1. The van der Waals surface area contributed by atoms with Gasteiger partial charge in [-0.05, 0) is 62.6 Å². The summed E-state index contributed by atoms with van der Waals surface area (Å²) in [5, 5.41) is 12.7. The summed E-state index contributed by atoms with van der Waals surface area (Å²) >= 11 is 2.93. The smallest absolute Gasteiger partial charge is 0.230 e. The van der Waals surface area contributed by atoms with Crippen LogP contribution >= 0.6 is 23.1 Å². The second-order valence-electron chi connectivity index (χ2n) is 6.91. The van der Waals surface area contributed by atoms with E-state index in [4.69, 9.17) is 0 Å². The Balaban J connectivity index is 1.84. The molecular weight excluding hydrogens is 400 g/mol. The van der Waals surface area contributed by atoms with Crippen molar-refractivity contribution >= 4 is 39.8 Å². The third-order valence-corrected chi connectivity index (χ3v) is 6.46. The van der Waals surface area contributed by atoms with Gasteiger partial charge in [-0.25, -0.2) is 9.97 Å². The molecule has 0 aliphatic carbocycles. The highest BCUT2D eigenvalue weighted by atomic mass is 32.2. The Morgan fingerprint density at radius 3 is 2.55 bits per heavy atom. The number of hydrogen-bond acceptors (Lipinski definition) is 6. The number of nitriles is 1. The fourth-order valence-electron chi connectivity index (χ4n) is 2.94. The maximum atomic E-state index is 12.3. The third kappa shape index (κ3) is 4.66. The molecule has 148 valence electrons. The van der Waals surface area contributed by atoms with Gasteiger partial charge in [-0.3, -0.25) is 9.69 Å². The number of aromatic nitrogens is 2. The number of amides is 1. The van der Waals surface area contributed by atoms with Crippen molar-refractivity contribution < 1.29 is 4.79 Å². The quantitative estimate of drug-likeness (QED) is 0.499. The summed E-state index contributed by atoms with van der Waals surface area (Å²) in [5.74, 6) is 0.504. The standard InChI is InChI=1S/C22H22N4OS2/c1-13-6-7-19(9-14(13)2)26(17(5)27)22-25-18(12-29-22)11-28-21-20(10-23)15(3)8-16(4)24-21/h6-9,12H,11H2,1-5H3. The van der Waals surface area contributed by atoms with Crippen molar-refractivity contribution in [2.45, 2.75) is 45.4 Å². The van der Waals surface area contributed by atoms with E-state index in [1.54, 1.807) is 11.8 Å². The van der Waals surface area contributed by atoms with Crippen LogP contribution < -0.4 is 4.90 Å². The molecule has 5 nitrogen and oxygen atoms in total. The van der Waals surface area contributed by atoms with Crippen molar-refractivity contribution in [3.63, 3.8) is 0 Å². The Labute approximate surface area is 179 Å². The molecule has 0 aliphatic heterocycles. The number of hydrogen-bond donors (Lipinski definition) is 0. The minimum Gasteiger partial charge on any atom is -0.274 e. The molecule has 0 spiro atoms. The zero-order valence-electron chi connectivity index (χ0n) is 17.1. The predicted molar refractivity (Wildman–Crippen MR) is 119 cm³/mol. The fourth-order valence-corrected chi connectivity index (χ4v) is 4.93. The maximum absolute atomic E-state index is 12.3. The molecule has 2 aromatic heterocycles. The van der Waals surface area contributed by atoms with Crippen LogP contribution in [0.4, 0.5) is 10.8 Å². The summed E-state index contributed by atoms with van der Waals surface area (Å²) in [6.45, 7) is 9.47. The highest BCUT2D eigenvalue weighted by molar-refractivity contribution is 7.98. The third-order valence-electron chi connectivity index (χ3n) is 4.57. The van der Waals surface area contributed by atoms with Crippen molar-refractivity contribution in [1.29, 1.82) is 5.26 Å². The zero-order chi connectivity index (χ0) is 21.1. The molecule has 0 atom stereocenters. The Morgan fingerprint density at radius 1 is 1.14 bits per heavy atom. The summed E-state index contributed by atoms with van der Waals surface area (Å²) in [5.41, 5.74) is 6.41. The van der Waals surface area contributed by atoms with Gasteiger partial charge in [-0.15, -0.1) is 11.3 Å². The zero-order valence-corrected chi connectivity index (χ0v) is 18.7. The van der Waals surface area contributed by atoms with E-state index in [1.165, 1.54) is 28.7 Å². The van der Waals surface area contributed by atoms with Crippen LogP contribution in [0.25, 0.3) is 0 Å². The van der Waals surface area contributed by atoms with E-state index in [0.717, 1.165) is 33.2 Å². The van der Waals surface area contributed by atoms with Crippen LogP contribution in [0.5, 0.6) is 0 Å². The van der Waals surface area contributed by atoms with Crippen LogP contribution in [0.1, 0.15) is 40.6 Å². The van der Waals surface area contributed by atoms with Gasteiger partial charge in [-0.1, -0.05) is 17.8 Å². The van der Waals surface area contributed by atoms with Crippen molar-refractivity contribution in [3.05, 3.63) is 63.3 Å². The molecular formula is C22H22N4OS2. The number of pyridine rings is 1. The minimum atomic E-state index is -0.0791. The van der Waals surface area contributed by atoms with E-state index < -0.39 is 0 Å². The molecule has 2 heterocycles. The lowest BCUT2D eigenvalue weighted by Crippen LogP contribution is -2.22. The predicted octanol–water partition coefficient (Wildman–Crippen LogP) is 5.62. The molecule has 0 aliphatic rings. The number of anilines is 2. The van der Waals surface area contributed by atoms with Crippen LogP contribution in [0.3, 0.4) is 0 Å². The molecule has 1 amide bonds. The number of nitrogens with zero attached hydrogens (tertiary/aromatic N) is 4. The Morgan fingerprint density at radius 2 is 1.90 bits per heavy atom. The lowest BCUT2D eigenvalue weighted by molar-refractivity contribution is -0.115. The number of aryl methyl sites for hydroxylation is 4. The number of carbonyl (C=O) groups excluding carboxylic acids is 1. The van der Waals surface area contributed by atoms with Crippen LogP contribution in [0, 0.1) is 39.0 Å². The van der Waals surface area contributed by atoms with Gasteiger partial charge in [-0.2, -0.15) is 5.26 Å². The first-order valence-corrected chi connectivity index (χ1v) is 11.0. The van der Waals surface area contributed by atoms with Crippen molar-refractivity contribution in [3.8, 4) is 6.07 Å². The molecule has 1 aromatic carbocycles. The molecule has 0 bridgehead atoms. The van der Waals surface area contributed by atoms with E-state index in [9.17, 15) is 10.1 Å². The number of thioether (sulfide) groups is 1. The summed E-state index contributed by atoms with van der Waals surface area (Å²) < 4.78 is 0.